The molecule has 0 amide bonds. The standard InChI is InChI=1S/C17H22F3NOS/c1-13(8-14-2-4-15(5-3-14)17(18,19)20)9-21-7-6-16(10-21)11-23(22)12-16/h2-5,13H,6-12H2,1H3. The second kappa shape index (κ2) is 6.20. The van der Waals surface area contributed by atoms with Crippen molar-refractivity contribution in [2.45, 2.75) is 25.9 Å². The largest absolute Gasteiger partial charge is 0.416 e. The summed E-state index contributed by atoms with van der Waals surface area (Å²) in [4.78, 5) is 2.42. The van der Waals surface area contributed by atoms with Gasteiger partial charge in [-0.2, -0.15) is 13.2 Å². The van der Waals surface area contributed by atoms with Crippen LogP contribution in [0.1, 0.15) is 24.5 Å². The van der Waals surface area contributed by atoms with Gasteiger partial charge in [0.2, 0.25) is 0 Å². The Bertz CT molecular complexity index is 576. The highest BCUT2D eigenvalue weighted by molar-refractivity contribution is 7.86. The van der Waals surface area contributed by atoms with Gasteiger partial charge < -0.3 is 4.90 Å². The molecule has 0 aliphatic carbocycles. The molecule has 1 spiro atoms. The van der Waals surface area contributed by atoms with Gasteiger partial charge in [-0.15, -0.1) is 0 Å². The molecule has 3 rings (SSSR count). The molecular weight excluding hydrogens is 323 g/mol. The van der Waals surface area contributed by atoms with Crippen LogP contribution in [0.25, 0.3) is 0 Å². The van der Waals surface area contributed by atoms with Gasteiger partial charge in [0.25, 0.3) is 0 Å². The van der Waals surface area contributed by atoms with E-state index in [0.29, 0.717) is 11.3 Å². The summed E-state index contributed by atoms with van der Waals surface area (Å²) in [7, 11) is -0.609. The summed E-state index contributed by atoms with van der Waals surface area (Å²) in [5, 5.41) is 0. The van der Waals surface area contributed by atoms with Crippen LogP contribution < -0.4 is 0 Å². The lowest BCUT2D eigenvalue weighted by Crippen LogP contribution is -2.47. The minimum atomic E-state index is -4.27. The van der Waals surface area contributed by atoms with Crippen LogP contribution in [0.15, 0.2) is 24.3 Å². The fourth-order valence-electron chi connectivity index (χ4n) is 3.80. The van der Waals surface area contributed by atoms with Crippen LogP contribution in [-0.2, 0) is 23.4 Å². The van der Waals surface area contributed by atoms with E-state index >= 15 is 0 Å². The lowest BCUT2D eigenvalue weighted by Gasteiger charge is -2.37. The fraction of sp³-hybridized carbons (Fsp3) is 0.647. The number of halogens is 3. The summed E-state index contributed by atoms with van der Waals surface area (Å²) in [5.74, 6) is 2.08. The number of likely N-dealkylation sites (tertiary alicyclic amines) is 1. The molecule has 1 aromatic rings. The van der Waals surface area contributed by atoms with Crippen molar-refractivity contribution in [1.82, 2.24) is 4.90 Å². The predicted octanol–water partition coefficient (Wildman–Crippen LogP) is 3.34. The summed E-state index contributed by atoms with van der Waals surface area (Å²) in [6, 6.07) is 5.49. The van der Waals surface area contributed by atoms with Crippen LogP contribution in [0.5, 0.6) is 0 Å². The van der Waals surface area contributed by atoms with Crippen molar-refractivity contribution in [3.05, 3.63) is 35.4 Å². The molecule has 1 unspecified atom stereocenters. The molecule has 1 aromatic carbocycles. The van der Waals surface area contributed by atoms with Gasteiger partial charge in [-0.1, -0.05) is 19.1 Å². The topological polar surface area (TPSA) is 20.3 Å². The van der Waals surface area contributed by atoms with E-state index in [2.05, 4.69) is 11.8 Å². The summed E-state index contributed by atoms with van der Waals surface area (Å²) in [5.41, 5.74) is 0.649. The molecule has 23 heavy (non-hydrogen) atoms. The average molecular weight is 345 g/mol. The summed E-state index contributed by atoms with van der Waals surface area (Å²) in [6.07, 6.45) is -2.35. The maximum Gasteiger partial charge on any atom is 0.416 e. The van der Waals surface area contributed by atoms with Crippen molar-refractivity contribution >= 4 is 10.8 Å². The average Bonchev–Trinajstić information content (AvgIpc) is 2.81. The van der Waals surface area contributed by atoms with Crippen molar-refractivity contribution in [2.24, 2.45) is 11.3 Å². The minimum Gasteiger partial charge on any atom is -0.302 e. The first-order valence-corrected chi connectivity index (χ1v) is 9.48. The zero-order valence-electron chi connectivity index (χ0n) is 13.2. The van der Waals surface area contributed by atoms with Gasteiger partial charge in [-0.05, 0) is 43.0 Å². The fourth-order valence-corrected chi connectivity index (χ4v) is 5.55. The zero-order chi connectivity index (χ0) is 16.7. The third kappa shape index (κ3) is 3.97. The first-order chi connectivity index (χ1) is 10.8. The summed E-state index contributed by atoms with van der Waals surface area (Å²) < 4.78 is 49.0. The van der Waals surface area contributed by atoms with E-state index in [1.807, 2.05) is 0 Å². The molecule has 2 aliphatic rings. The Labute approximate surface area is 137 Å². The van der Waals surface area contributed by atoms with Crippen LogP contribution >= 0.6 is 0 Å². The Kier molecular flexibility index (Phi) is 4.58. The van der Waals surface area contributed by atoms with Gasteiger partial charge >= 0.3 is 6.18 Å². The van der Waals surface area contributed by atoms with Crippen LogP contribution in [0.2, 0.25) is 0 Å². The molecule has 0 N–H and O–H groups in total. The van der Waals surface area contributed by atoms with E-state index in [0.717, 1.165) is 61.7 Å². The normalized spacial score (nSPS) is 29.7. The molecule has 2 nitrogen and oxygen atoms in total. The SMILES string of the molecule is CC(Cc1ccc(C(F)(F)F)cc1)CN1CCC2(C1)CS(=O)C2. The molecule has 0 radical (unpaired) electrons. The predicted molar refractivity (Wildman–Crippen MR) is 85.7 cm³/mol. The molecule has 0 saturated carbocycles. The van der Waals surface area contributed by atoms with E-state index in [1.54, 1.807) is 12.1 Å². The van der Waals surface area contributed by atoms with Crippen molar-refractivity contribution in [3.8, 4) is 0 Å². The van der Waals surface area contributed by atoms with Gasteiger partial charge in [0, 0.05) is 40.8 Å². The molecule has 0 bridgehead atoms. The van der Waals surface area contributed by atoms with Crippen molar-refractivity contribution < 1.29 is 17.4 Å². The zero-order valence-corrected chi connectivity index (χ0v) is 14.1. The molecule has 2 heterocycles. The number of rotatable bonds is 4. The summed E-state index contributed by atoms with van der Waals surface area (Å²) >= 11 is 0. The third-order valence-corrected chi connectivity index (χ3v) is 6.76. The van der Waals surface area contributed by atoms with Gasteiger partial charge in [0.1, 0.15) is 0 Å². The monoisotopic (exact) mass is 345 g/mol. The van der Waals surface area contributed by atoms with Crippen LogP contribution in [0.4, 0.5) is 13.2 Å². The van der Waals surface area contributed by atoms with Gasteiger partial charge in [0.15, 0.2) is 0 Å². The minimum absolute atomic E-state index is 0.291. The first kappa shape index (κ1) is 17.0. The first-order valence-electron chi connectivity index (χ1n) is 7.99. The molecule has 0 aromatic heterocycles. The maximum atomic E-state index is 12.6. The maximum absolute atomic E-state index is 12.6. The van der Waals surface area contributed by atoms with Crippen LogP contribution in [0, 0.1) is 11.3 Å². The van der Waals surface area contributed by atoms with Crippen LogP contribution in [0.3, 0.4) is 0 Å². The highest BCUT2D eigenvalue weighted by atomic mass is 32.2. The van der Waals surface area contributed by atoms with E-state index in [1.165, 1.54) is 0 Å². The smallest absolute Gasteiger partial charge is 0.302 e. The van der Waals surface area contributed by atoms with Crippen molar-refractivity contribution in [3.63, 3.8) is 0 Å². The van der Waals surface area contributed by atoms with E-state index in [-0.39, 0.29) is 0 Å². The van der Waals surface area contributed by atoms with Gasteiger partial charge in [0.05, 0.1) is 5.56 Å². The Morgan fingerprint density at radius 3 is 2.48 bits per heavy atom. The van der Waals surface area contributed by atoms with Crippen molar-refractivity contribution in [1.29, 1.82) is 0 Å². The Hall–Kier alpha value is -0.880. The second-order valence-electron chi connectivity index (χ2n) is 7.22. The molecule has 128 valence electrons. The Morgan fingerprint density at radius 2 is 1.91 bits per heavy atom. The Morgan fingerprint density at radius 1 is 1.26 bits per heavy atom. The van der Waals surface area contributed by atoms with E-state index in [9.17, 15) is 17.4 Å². The number of hydrogen-bond donors (Lipinski definition) is 0. The quantitative estimate of drug-likeness (QED) is 0.834. The van der Waals surface area contributed by atoms with Crippen molar-refractivity contribution in [2.75, 3.05) is 31.1 Å². The number of alkyl halides is 3. The number of nitrogens with zero attached hydrogens (tertiary/aromatic N) is 1. The lowest BCUT2D eigenvalue weighted by molar-refractivity contribution is -0.137. The second-order valence-corrected chi connectivity index (χ2v) is 8.67. The Balaban J connectivity index is 1.50. The molecule has 2 fully saturated rings. The molecule has 2 aliphatic heterocycles. The third-order valence-electron chi connectivity index (χ3n) is 4.89. The van der Waals surface area contributed by atoms with E-state index < -0.39 is 22.5 Å². The van der Waals surface area contributed by atoms with Crippen LogP contribution in [-0.4, -0.2) is 40.2 Å². The molecule has 2 saturated heterocycles. The van der Waals surface area contributed by atoms with E-state index in [4.69, 9.17) is 0 Å². The number of hydrogen-bond acceptors (Lipinski definition) is 2. The summed E-state index contributed by atoms with van der Waals surface area (Å²) in [6.45, 7) is 5.17. The van der Waals surface area contributed by atoms with Gasteiger partial charge in [-0.3, -0.25) is 4.21 Å². The highest BCUT2D eigenvalue weighted by Gasteiger charge is 2.47. The highest BCUT2D eigenvalue weighted by Crippen LogP contribution is 2.39. The van der Waals surface area contributed by atoms with Gasteiger partial charge in [-0.25, -0.2) is 0 Å². The molecule has 6 heteroatoms. The number of benzene rings is 1. The molecular formula is C17H22F3NOS. The lowest BCUT2D eigenvalue weighted by atomic mass is 9.91. The molecule has 1 atom stereocenters.